The van der Waals surface area contributed by atoms with E-state index >= 15 is 0 Å². The molecule has 0 aliphatic carbocycles. The van der Waals surface area contributed by atoms with Crippen molar-refractivity contribution in [2.45, 2.75) is 40.5 Å². The molecule has 0 bridgehead atoms. The second-order valence-corrected chi connectivity index (χ2v) is 13.4. The summed E-state index contributed by atoms with van der Waals surface area (Å²) >= 11 is 16.8. The van der Waals surface area contributed by atoms with Gasteiger partial charge in [-0.2, -0.15) is 13.1 Å². The number of hydrogen-bond acceptors (Lipinski definition) is 8. The maximum atomic E-state index is 13.8. The average molecular weight is 600 g/mol. The average Bonchev–Trinajstić information content (AvgIpc) is 3.07. The fourth-order valence-electron chi connectivity index (χ4n) is 3.94. The molecule has 0 spiro atoms. The van der Waals surface area contributed by atoms with E-state index in [1.54, 1.807) is 6.07 Å². The van der Waals surface area contributed by atoms with Gasteiger partial charge in [-0.05, 0) is 30.2 Å². The summed E-state index contributed by atoms with van der Waals surface area (Å²) in [5.41, 5.74) is -1.87. The van der Waals surface area contributed by atoms with E-state index in [0.717, 1.165) is 11.2 Å². The van der Waals surface area contributed by atoms with Crippen LogP contribution in [0, 0.1) is 0 Å². The van der Waals surface area contributed by atoms with Crippen molar-refractivity contribution in [3.63, 3.8) is 0 Å². The number of benzene rings is 2. The smallest absolute Gasteiger partial charge is 0.337 e. The number of sulfonamides is 1. The minimum absolute atomic E-state index is 0.00205. The van der Waals surface area contributed by atoms with E-state index in [4.69, 9.17) is 43.7 Å². The molecule has 2 aromatic carbocycles. The number of nitrogens with one attached hydrogen (secondary N) is 1. The van der Waals surface area contributed by atoms with Gasteiger partial charge in [0.05, 0.1) is 10.6 Å². The van der Waals surface area contributed by atoms with Gasteiger partial charge in [0.15, 0.2) is 0 Å². The lowest BCUT2D eigenvalue weighted by Gasteiger charge is -2.36. The first-order chi connectivity index (χ1) is 16.7. The molecule has 0 aromatic heterocycles. The summed E-state index contributed by atoms with van der Waals surface area (Å²) < 4.78 is 63.8. The lowest BCUT2D eigenvalue weighted by atomic mass is 9.77. The van der Waals surface area contributed by atoms with Crippen LogP contribution in [0.15, 0.2) is 59.5 Å². The Balaban J connectivity index is 2.27. The third-order valence-electron chi connectivity index (χ3n) is 5.42. The molecular weight excluding hydrogens is 579 g/mol. The second-order valence-electron chi connectivity index (χ2n) is 7.69. The molecule has 0 amide bonds. The van der Waals surface area contributed by atoms with Crippen LogP contribution in [0.4, 0.5) is 5.69 Å². The number of nitrogens with zero attached hydrogens (tertiary/aromatic N) is 1. The van der Waals surface area contributed by atoms with E-state index in [0.29, 0.717) is 0 Å². The van der Waals surface area contributed by atoms with Crippen LogP contribution >= 0.6 is 34.8 Å². The third-order valence-corrected chi connectivity index (χ3v) is 8.48. The highest BCUT2D eigenvalue weighted by Gasteiger charge is 2.61. The number of fused-ring (bicyclic) bond motifs is 1. The lowest BCUT2D eigenvalue weighted by molar-refractivity contribution is -0.163. The number of rotatable bonds is 8. The molecule has 2 aromatic rings. The number of carbonyl (C=O) groups is 2. The van der Waals surface area contributed by atoms with Crippen molar-refractivity contribution in [3.05, 3.63) is 60.2 Å². The molecule has 1 N–H and O–H groups in total. The van der Waals surface area contributed by atoms with Crippen LogP contribution < -0.4 is 9.03 Å². The molecule has 1 aliphatic heterocycles. The summed E-state index contributed by atoms with van der Waals surface area (Å²) in [7, 11) is -9.32. The zero-order valence-electron chi connectivity index (χ0n) is 18.9. The Morgan fingerprint density at radius 3 is 2.17 bits per heavy atom. The van der Waals surface area contributed by atoms with Crippen molar-refractivity contribution < 1.29 is 35.3 Å². The van der Waals surface area contributed by atoms with Crippen LogP contribution in [0.1, 0.15) is 25.8 Å². The van der Waals surface area contributed by atoms with Gasteiger partial charge < -0.3 is 4.74 Å². The SMILES string of the molecule is CC[C@]1(C(=O)OC(C)=O)c2ccccc2N(S(=O)(=O)c2ccccc2)[C@@H]1NS(=O)(=O)OCC(Cl)(Cl)Cl. The standard InChI is InChI=1S/C21H21Cl3N2O8S2/c1-3-20(19(28)34-14(2)27)16-11-7-8-12-17(16)26(35(29,30)15-9-5-4-6-10-15)18(20)25-36(31,32)33-13-21(22,23)24/h4-12,18,25H,3,13H2,1-2H3/t18-,20-/m0/s1. The van der Waals surface area contributed by atoms with E-state index in [2.05, 4.69) is 4.72 Å². The summed E-state index contributed by atoms with van der Waals surface area (Å²) in [5, 5.41) is 0. The second kappa shape index (κ2) is 10.4. The predicted octanol–water partition coefficient (Wildman–Crippen LogP) is 3.18. The first-order valence-electron chi connectivity index (χ1n) is 10.3. The number of carbonyl (C=O) groups excluding carboxylic acids is 2. The normalized spacial score (nSPS) is 20.1. The van der Waals surface area contributed by atoms with Gasteiger partial charge >= 0.3 is 22.2 Å². The van der Waals surface area contributed by atoms with Gasteiger partial charge in [-0.1, -0.05) is 78.1 Å². The first-order valence-corrected chi connectivity index (χ1v) is 14.3. The monoisotopic (exact) mass is 598 g/mol. The lowest BCUT2D eigenvalue weighted by Crippen LogP contribution is -2.60. The van der Waals surface area contributed by atoms with Crippen molar-refractivity contribution in [1.82, 2.24) is 4.72 Å². The summed E-state index contributed by atoms with van der Waals surface area (Å²) in [4.78, 5) is 24.9. The van der Waals surface area contributed by atoms with Gasteiger partial charge in [0.1, 0.15) is 18.2 Å². The molecular formula is C21H21Cl3N2O8S2. The van der Waals surface area contributed by atoms with Crippen molar-refractivity contribution in [2.75, 3.05) is 10.9 Å². The Labute approximate surface area is 223 Å². The van der Waals surface area contributed by atoms with E-state index < -0.39 is 54.2 Å². The van der Waals surface area contributed by atoms with E-state index in [1.807, 2.05) is 0 Å². The van der Waals surface area contributed by atoms with Crippen LogP contribution in [0.3, 0.4) is 0 Å². The number of esters is 2. The number of para-hydroxylation sites is 1. The number of halogens is 3. The third kappa shape index (κ3) is 5.64. The minimum Gasteiger partial charge on any atom is -0.393 e. The maximum absolute atomic E-state index is 13.8. The van der Waals surface area contributed by atoms with Crippen LogP contribution in [-0.2, 0) is 44.3 Å². The largest absolute Gasteiger partial charge is 0.393 e. The summed E-state index contributed by atoms with van der Waals surface area (Å²) in [5.74, 6) is -2.13. The molecule has 3 rings (SSSR count). The van der Waals surface area contributed by atoms with Crippen molar-refractivity contribution >= 4 is 72.8 Å². The molecule has 15 heteroatoms. The maximum Gasteiger partial charge on any atom is 0.337 e. The topological polar surface area (TPSA) is 136 Å². The minimum atomic E-state index is -4.84. The molecule has 196 valence electrons. The van der Waals surface area contributed by atoms with Crippen LogP contribution in [0.25, 0.3) is 0 Å². The Morgan fingerprint density at radius 1 is 1.03 bits per heavy atom. The molecule has 0 unspecified atom stereocenters. The quantitative estimate of drug-likeness (QED) is 0.278. The van der Waals surface area contributed by atoms with Gasteiger partial charge in [0.2, 0.25) is 3.79 Å². The van der Waals surface area contributed by atoms with Gasteiger partial charge in [-0.25, -0.2) is 12.7 Å². The van der Waals surface area contributed by atoms with Crippen LogP contribution in [0.2, 0.25) is 0 Å². The molecule has 36 heavy (non-hydrogen) atoms. The number of ether oxygens (including phenoxy) is 1. The van der Waals surface area contributed by atoms with Crippen LogP contribution in [0.5, 0.6) is 0 Å². The number of hydrogen-bond donors (Lipinski definition) is 1. The molecule has 1 aliphatic rings. The summed E-state index contributed by atoms with van der Waals surface area (Å²) in [6.45, 7) is 1.60. The predicted molar refractivity (Wildman–Crippen MR) is 133 cm³/mol. The summed E-state index contributed by atoms with van der Waals surface area (Å²) in [6, 6.07) is 13.1. The van der Waals surface area contributed by atoms with E-state index in [1.165, 1.54) is 55.5 Å². The van der Waals surface area contributed by atoms with Crippen molar-refractivity contribution in [1.29, 1.82) is 0 Å². The molecule has 10 nitrogen and oxygen atoms in total. The fraction of sp³-hybridized carbons (Fsp3) is 0.333. The van der Waals surface area contributed by atoms with Gasteiger partial charge in [-0.3, -0.25) is 13.8 Å². The van der Waals surface area contributed by atoms with E-state index in [9.17, 15) is 26.4 Å². The highest BCUT2D eigenvalue weighted by Crippen LogP contribution is 2.50. The van der Waals surface area contributed by atoms with Crippen LogP contribution in [-0.4, -0.2) is 45.3 Å². The fourth-order valence-corrected chi connectivity index (χ4v) is 7.00. The Bertz CT molecular complexity index is 1370. The number of anilines is 1. The zero-order chi connectivity index (χ0) is 26.9. The van der Waals surface area contributed by atoms with Gasteiger partial charge in [0, 0.05) is 6.92 Å². The zero-order valence-corrected chi connectivity index (χ0v) is 22.8. The number of alkyl halides is 3. The van der Waals surface area contributed by atoms with Gasteiger partial charge in [-0.15, -0.1) is 0 Å². The molecule has 0 fully saturated rings. The van der Waals surface area contributed by atoms with Crippen molar-refractivity contribution in [2.24, 2.45) is 0 Å². The molecule has 1 heterocycles. The van der Waals surface area contributed by atoms with Gasteiger partial charge in [0.25, 0.3) is 10.0 Å². The Kier molecular flexibility index (Phi) is 8.31. The molecule has 0 saturated carbocycles. The molecule has 0 radical (unpaired) electrons. The van der Waals surface area contributed by atoms with E-state index in [-0.39, 0.29) is 22.6 Å². The Hall–Kier alpha value is -1.93. The molecule has 2 atom stereocenters. The van der Waals surface area contributed by atoms with Crippen molar-refractivity contribution in [3.8, 4) is 0 Å². The molecule has 0 saturated heterocycles. The first kappa shape index (κ1) is 28.6. The highest BCUT2D eigenvalue weighted by molar-refractivity contribution is 7.93. The summed E-state index contributed by atoms with van der Waals surface area (Å²) in [6.07, 6.45) is -2.02. The highest BCUT2D eigenvalue weighted by atomic mass is 35.6. The Morgan fingerprint density at radius 2 is 1.61 bits per heavy atom.